The standard InChI is InChI=1S/C68H114N4O50/c1-15-33(83)44(94)48(98)63(107-15)105-14-28-55(41(91)29(59(103)108-28)69-16(2)79)117-62-32(72-19(5)82)43(93)54(25(11-78)114-62)119-67-52(102)57(121-65-50(100)46(96)36(86)22(8-75)111-65)39(89)27(115-67)13-106-68-58(122-61-30(70-17(3)80)40(90)34(84)20(6-73)109-61)47(97)37(87)26(116-68)12-104-60-31(71-18(4)81)42(92)53(24(10-77)113-60)118-66-51(101)56(38(88)23(9-76)112-66)120-64-49(99)45(95)35(85)21(7-74)110-64/h15,20-68,73-78,83-103H,6-14H2,1-5H3,(H,69,79)(H,70,80)(H,71,81)(H,72,82)/t15-,20+,21+,22+,23+,24+,25+,26+,27+,28+,29+,30+,31+,32+,33+,34+,35-,36+,37+,38-,39+,40+,41+,42+,43+,44+,45-,46-,47-,48-,49+,50-,51+,52-,53+,54+,55+,56-,57-,58-,59+,60+,61-,62-,63+,64+,65+,66-,67-,68-/m0/s1. The molecular weight excluding hydrogens is 1670 g/mol. The van der Waals surface area contributed by atoms with Crippen LogP contribution in [-0.2, 0) is 109 Å². The number of aliphatic hydroxyl groups excluding tert-OH is 27. The molecule has 0 saturated carbocycles. The van der Waals surface area contributed by atoms with E-state index < -0.39 is 390 Å². The highest BCUT2D eigenvalue weighted by Gasteiger charge is 2.61. The van der Waals surface area contributed by atoms with Crippen molar-refractivity contribution in [2.75, 3.05) is 59.5 Å². The van der Waals surface area contributed by atoms with Gasteiger partial charge in [-0.05, 0) is 6.92 Å². The Labute approximate surface area is 691 Å². The van der Waals surface area contributed by atoms with Crippen molar-refractivity contribution in [2.24, 2.45) is 0 Å². The van der Waals surface area contributed by atoms with Crippen molar-refractivity contribution in [3.05, 3.63) is 0 Å². The molecule has 0 unspecified atom stereocenters. The van der Waals surface area contributed by atoms with Crippen LogP contribution in [0.1, 0.15) is 34.6 Å². The number of ether oxygens (including phenoxy) is 19. The van der Waals surface area contributed by atoms with Gasteiger partial charge in [-0.15, -0.1) is 0 Å². The van der Waals surface area contributed by atoms with Crippen LogP contribution in [0.3, 0.4) is 0 Å². The van der Waals surface area contributed by atoms with Gasteiger partial charge in [0.1, 0.15) is 238 Å². The summed E-state index contributed by atoms with van der Waals surface area (Å²) < 4.78 is 112. The molecule has 54 heteroatoms. The quantitative estimate of drug-likeness (QED) is 0.0306. The molecule has 10 heterocycles. The van der Waals surface area contributed by atoms with Crippen molar-refractivity contribution in [1.82, 2.24) is 21.3 Å². The van der Waals surface area contributed by atoms with E-state index in [1.807, 2.05) is 0 Å². The lowest BCUT2D eigenvalue weighted by atomic mass is 9.93. The van der Waals surface area contributed by atoms with E-state index in [9.17, 15) is 157 Å². The topological polar surface area (TPSA) is 838 Å². The average molecular weight is 1790 g/mol. The fraction of sp³-hybridized carbons (Fsp3) is 0.941. The molecule has 10 aliphatic heterocycles. The highest BCUT2D eigenvalue weighted by molar-refractivity contribution is 5.74. The van der Waals surface area contributed by atoms with Gasteiger partial charge in [-0.25, -0.2) is 0 Å². The van der Waals surface area contributed by atoms with Crippen molar-refractivity contribution in [2.45, 2.75) is 341 Å². The lowest BCUT2D eigenvalue weighted by molar-refractivity contribution is -0.389. The molecular formula is C68H114N4O50. The summed E-state index contributed by atoms with van der Waals surface area (Å²) in [5.74, 6) is -3.63. The molecule has 0 aromatic carbocycles. The largest absolute Gasteiger partial charge is 0.394 e. The van der Waals surface area contributed by atoms with Gasteiger partial charge in [-0.2, -0.15) is 0 Å². The summed E-state index contributed by atoms with van der Waals surface area (Å²) in [6, 6.07) is -7.42. The molecule has 10 saturated heterocycles. The molecule has 122 heavy (non-hydrogen) atoms. The third-order valence-electron chi connectivity index (χ3n) is 22.4. The lowest BCUT2D eigenvalue weighted by Crippen LogP contribution is -2.70. The molecule has 10 rings (SSSR count). The van der Waals surface area contributed by atoms with Crippen molar-refractivity contribution < 1.29 is 247 Å². The minimum absolute atomic E-state index is 0.830. The van der Waals surface area contributed by atoms with Crippen LogP contribution in [0.2, 0.25) is 0 Å². The number of carbonyl (C=O) groups is 4. The van der Waals surface area contributed by atoms with Gasteiger partial charge in [-0.3, -0.25) is 19.2 Å². The van der Waals surface area contributed by atoms with Gasteiger partial charge in [0.25, 0.3) is 0 Å². The Kier molecular flexibility index (Phi) is 35.8. The molecule has 0 spiro atoms. The molecule has 0 radical (unpaired) electrons. The maximum absolute atomic E-state index is 13.2. The van der Waals surface area contributed by atoms with Gasteiger partial charge < -0.3 is 249 Å². The third kappa shape index (κ3) is 22.2. The predicted octanol–water partition coefficient (Wildman–Crippen LogP) is -21.2. The number of hydrogen-bond acceptors (Lipinski definition) is 50. The van der Waals surface area contributed by atoms with Crippen LogP contribution < -0.4 is 21.3 Å². The van der Waals surface area contributed by atoms with Crippen LogP contribution in [0.4, 0.5) is 0 Å². The SMILES string of the molecule is CC(=O)N[C@@H]1[C@@H](O)[C@H](O[C@@H]2O[C@H](CO)[C@@H](O[C@@H]3O[C@H](CO[C@H]4O[C@H](CO[C@@H]5O[C@H](CO)[C@@H](O[C@@H]6O[C@H](CO)[C@H](O)[C@H](O[C@H]7O[C@H](CO)[C@H](O)[C@H](O)[C@H]7O)[C@H]6O)[C@H](O)[C@H]5NC(C)=O)[C@@H](O)[C@H](O)[C@@H]4O[C@@H]4O[C@H](CO)[C@@H](O)[C@H](O)[C@H]4NC(C)=O)[C@@H](O)[C@H](O[C@H]4O[C@H](CO)[C@@H](O)[C@H](O)[C@@H]4O)[C@@H]3O)[C@H](O)[C@H]2NC(C)=O)[C@@H](CO[C@@H]2O[C@@H](C)[C@@H](O)[C@@H](O)[C@@H]2O)O[C@H]1O. The van der Waals surface area contributed by atoms with E-state index in [1.54, 1.807) is 0 Å². The molecule has 10 aliphatic rings. The first kappa shape index (κ1) is 100. The summed E-state index contributed by atoms with van der Waals surface area (Å²) in [4.78, 5) is 51.2. The van der Waals surface area contributed by atoms with E-state index in [0.717, 1.165) is 27.7 Å². The fourth-order valence-corrected chi connectivity index (χ4v) is 15.7. The van der Waals surface area contributed by atoms with Gasteiger partial charge in [0.2, 0.25) is 23.6 Å². The van der Waals surface area contributed by atoms with Crippen LogP contribution in [0.5, 0.6) is 0 Å². The minimum Gasteiger partial charge on any atom is -0.394 e. The third-order valence-corrected chi connectivity index (χ3v) is 22.4. The van der Waals surface area contributed by atoms with Gasteiger partial charge in [0, 0.05) is 27.7 Å². The fourth-order valence-electron chi connectivity index (χ4n) is 15.7. The minimum atomic E-state index is -2.50. The molecule has 0 aromatic heterocycles. The van der Waals surface area contributed by atoms with Crippen molar-refractivity contribution in [3.8, 4) is 0 Å². The molecule has 0 aliphatic carbocycles. The number of amides is 4. The molecule has 50 atom stereocenters. The Hall–Kier alpha value is -3.96. The Bertz CT molecular complexity index is 3290. The second-order valence-electron chi connectivity index (χ2n) is 31.0. The number of rotatable bonds is 31. The smallest absolute Gasteiger partial charge is 0.217 e. The summed E-state index contributed by atoms with van der Waals surface area (Å²) in [5, 5.41) is 309. The maximum Gasteiger partial charge on any atom is 0.217 e. The Morgan fingerprint density at radius 1 is 0.230 bits per heavy atom. The van der Waals surface area contributed by atoms with Gasteiger partial charge in [-0.1, -0.05) is 0 Å². The van der Waals surface area contributed by atoms with Crippen molar-refractivity contribution in [3.63, 3.8) is 0 Å². The Balaban J connectivity index is 0.934. The molecule has 0 aromatic rings. The first-order chi connectivity index (χ1) is 57.6. The van der Waals surface area contributed by atoms with Crippen molar-refractivity contribution in [1.29, 1.82) is 0 Å². The molecule has 706 valence electrons. The summed E-state index contributed by atoms with van der Waals surface area (Å²) in [5.41, 5.74) is 0. The van der Waals surface area contributed by atoms with E-state index >= 15 is 0 Å². The van der Waals surface area contributed by atoms with Crippen LogP contribution >= 0.6 is 0 Å². The van der Waals surface area contributed by atoms with E-state index in [-0.39, 0.29) is 0 Å². The predicted molar refractivity (Wildman–Crippen MR) is 375 cm³/mol. The monoisotopic (exact) mass is 1790 g/mol. The maximum atomic E-state index is 13.2. The second kappa shape index (κ2) is 43.6. The zero-order valence-corrected chi connectivity index (χ0v) is 65.7. The van der Waals surface area contributed by atoms with E-state index in [2.05, 4.69) is 21.3 Å². The summed E-state index contributed by atoms with van der Waals surface area (Å²) in [6.45, 7) is -4.46. The first-order valence-electron chi connectivity index (χ1n) is 39.0. The summed E-state index contributed by atoms with van der Waals surface area (Å²) >= 11 is 0. The molecule has 10 fully saturated rings. The van der Waals surface area contributed by atoms with Crippen molar-refractivity contribution >= 4 is 23.6 Å². The van der Waals surface area contributed by atoms with E-state index in [4.69, 9.17) is 90.0 Å². The summed E-state index contributed by atoms with van der Waals surface area (Å²) in [7, 11) is 0. The molecule has 4 amide bonds. The van der Waals surface area contributed by atoms with Crippen LogP contribution in [0, 0.1) is 0 Å². The zero-order valence-electron chi connectivity index (χ0n) is 65.7. The highest BCUT2D eigenvalue weighted by Crippen LogP contribution is 2.40. The first-order valence-corrected chi connectivity index (χ1v) is 39.0. The second-order valence-corrected chi connectivity index (χ2v) is 31.0. The van der Waals surface area contributed by atoms with Gasteiger partial charge in [0.05, 0.1) is 65.6 Å². The number of aliphatic hydroxyl groups is 27. The molecule has 31 N–H and O–H groups in total. The lowest BCUT2D eigenvalue weighted by Gasteiger charge is -2.50. The van der Waals surface area contributed by atoms with E-state index in [1.165, 1.54) is 6.92 Å². The van der Waals surface area contributed by atoms with Crippen LogP contribution in [0.25, 0.3) is 0 Å². The molecule has 0 bridgehead atoms. The van der Waals surface area contributed by atoms with E-state index in [0.29, 0.717) is 0 Å². The Morgan fingerprint density at radius 2 is 0.508 bits per heavy atom. The van der Waals surface area contributed by atoms with Crippen LogP contribution in [0.15, 0.2) is 0 Å². The van der Waals surface area contributed by atoms with Gasteiger partial charge in [0.15, 0.2) is 62.9 Å². The number of carbonyl (C=O) groups excluding carboxylic acids is 4. The number of nitrogens with one attached hydrogen (secondary N) is 4. The average Bonchev–Trinajstić information content (AvgIpc) is 0.738. The highest BCUT2D eigenvalue weighted by atomic mass is 16.8. The normalized spacial score (nSPS) is 49.7. The van der Waals surface area contributed by atoms with Crippen LogP contribution in [-0.4, -0.2) is 528 Å². The summed E-state index contributed by atoms with van der Waals surface area (Å²) in [6.07, 6.45) is -93.8. The molecule has 54 nitrogen and oxygen atoms in total. The Morgan fingerprint density at radius 3 is 0.967 bits per heavy atom. The van der Waals surface area contributed by atoms with Gasteiger partial charge >= 0.3 is 0 Å². The zero-order chi connectivity index (χ0) is 89.8. The number of hydrogen-bond donors (Lipinski definition) is 31.